The fourth-order valence-corrected chi connectivity index (χ4v) is 1.54. The second-order valence-corrected chi connectivity index (χ2v) is 5.01. The van der Waals surface area contributed by atoms with Gasteiger partial charge in [0.15, 0.2) is 18.9 Å². The Bertz CT molecular complexity index is 494. The highest BCUT2D eigenvalue weighted by atomic mass is 32.2. The molecule has 1 aliphatic rings. The van der Waals surface area contributed by atoms with Crippen LogP contribution in [0.15, 0.2) is 34.4 Å². The number of hydrogen-bond donors (Lipinski definition) is 1. The van der Waals surface area contributed by atoms with Gasteiger partial charge in [-0.3, -0.25) is 4.55 Å². The molecule has 0 aromatic heterocycles. The number of likely N-dealkylation sites (N-methyl/N-ethyl adjacent to an activating group) is 1. The first-order chi connectivity index (χ1) is 7.89. The van der Waals surface area contributed by atoms with Crippen LogP contribution in [0.25, 0.3) is 0 Å². The van der Waals surface area contributed by atoms with Crippen molar-refractivity contribution in [2.45, 2.75) is 11.8 Å². The summed E-state index contributed by atoms with van der Waals surface area (Å²) in [6.45, 7) is 3.52. The molecule has 1 aromatic carbocycles. The van der Waals surface area contributed by atoms with Gasteiger partial charge in [-0.2, -0.15) is 8.42 Å². The summed E-state index contributed by atoms with van der Waals surface area (Å²) in [5.74, 6) is 0. The number of benzene rings is 1. The Labute approximate surface area is 100 Å². The van der Waals surface area contributed by atoms with Crippen molar-refractivity contribution in [2.75, 3.05) is 20.2 Å². The lowest BCUT2D eigenvalue weighted by molar-refractivity contribution is -0.559. The van der Waals surface area contributed by atoms with Gasteiger partial charge in [0, 0.05) is 0 Å². The van der Waals surface area contributed by atoms with E-state index in [4.69, 9.17) is 4.55 Å². The third-order valence-corrected chi connectivity index (χ3v) is 2.89. The Hall–Kier alpha value is -1.47. The summed E-state index contributed by atoms with van der Waals surface area (Å²) in [5, 5.41) is 3.57. The quantitative estimate of drug-likeness (QED) is 0.608. The van der Waals surface area contributed by atoms with Crippen LogP contribution in [-0.2, 0) is 15.0 Å². The molecule has 2 rings (SSSR count). The molecule has 0 spiro atoms. The molecule has 0 fully saturated rings. The highest BCUT2D eigenvalue weighted by Gasteiger charge is 2.07. The molecular weight excluding hydrogens is 244 g/mol. The summed E-state index contributed by atoms with van der Waals surface area (Å²) in [4.78, 5) is 4.54. The zero-order valence-corrected chi connectivity index (χ0v) is 10.5. The lowest BCUT2D eigenvalue weighted by atomic mass is 10.2. The van der Waals surface area contributed by atoms with Crippen LogP contribution in [0.1, 0.15) is 5.56 Å². The SMILES string of the molecule is C[N+]1=NOCC1.Cc1ccc(S(=O)(=O)O)cc1. The maximum atomic E-state index is 10.5. The number of aryl methyl sites for hydroxylation is 1. The van der Waals surface area contributed by atoms with Crippen molar-refractivity contribution in [1.29, 1.82) is 0 Å². The predicted octanol–water partition coefficient (Wildman–Crippen LogP) is 1.27. The molecule has 1 aromatic rings. The average Bonchev–Trinajstić information content (AvgIpc) is 2.69. The van der Waals surface area contributed by atoms with E-state index in [-0.39, 0.29) is 4.90 Å². The van der Waals surface area contributed by atoms with Crippen LogP contribution in [-0.4, -0.2) is 37.9 Å². The Kier molecular flexibility index (Phi) is 4.59. The van der Waals surface area contributed by atoms with Crippen LogP contribution in [0.4, 0.5) is 0 Å². The minimum atomic E-state index is -4.02. The number of hydrogen-bond acceptors (Lipinski definition) is 4. The van der Waals surface area contributed by atoms with Crippen molar-refractivity contribution in [3.63, 3.8) is 0 Å². The Morgan fingerprint density at radius 3 is 2.24 bits per heavy atom. The van der Waals surface area contributed by atoms with Gasteiger partial charge in [0.05, 0.1) is 4.90 Å². The molecular formula is C10H15N2O4S+. The van der Waals surface area contributed by atoms with Gasteiger partial charge in [-0.15, -0.1) is 0 Å². The Balaban J connectivity index is 0.000000202. The fourth-order valence-electron chi connectivity index (χ4n) is 1.06. The maximum absolute atomic E-state index is 10.5. The van der Waals surface area contributed by atoms with Crippen LogP contribution in [0.2, 0.25) is 0 Å². The van der Waals surface area contributed by atoms with E-state index in [1.54, 1.807) is 16.8 Å². The molecule has 0 amide bonds. The minimum Gasteiger partial charge on any atom is -0.341 e. The summed E-state index contributed by atoms with van der Waals surface area (Å²) in [7, 11) is -2.14. The molecule has 94 valence electrons. The van der Waals surface area contributed by atoms with Crippen LogP contribution in [0, 0.1) is 6.92 Å². The topological polar surface area (TPSA) is 79.0 Å². The summed E-state index contributed by atoms with van der Waals surface area (Å²) in [5.41, 5.74) is 0.956. The molecule has 0 radical (unpaired) electrons. The molecule has 0 atom stereocenters. The summed E-state index contributed by atoms with van der Waals surface area (Å²) in [6.07, 6.45) is 0. The zero-order valence-electron chi connectivity index (χ0n) is 9.70. The molecule has 6 nitrogen and oxygen atoms in total. The molecule has 7 heteroatoms. The highest BCUT2D eigenvalue weighted by Crippen LogP contribution is 2.08. The van der Waals surface area contributed by atoms with Crippen molar-refractivity contribution in [3.05, 3.63) is 29.8 Å². The van der Waals surface area contributed by atoms with E-state index in [1.807, 2.05) is 14.0 Å². The predicted molar refractivity (Wildman–Crippen MR) is 60.4 cm³/mol. The molecule has 0 saturated carbocycles. The number of rotatable bonds is 1. The van der Waals surface area contributed by atoms with E-state index in [2.05, 4.69) is 10.1 Å². The van der Waals surface area contributed by atoms with Crippen molar-refractivity contribution in [1.82, 2.24) is 0 Å². The van der Waals surface area contributed by atoms with E-state index in [1.165, 1.54) is 12.1 Å². The molecule has 0 aliphatic carbocycles. The molecule has 1 aliphatic heterocycles. The first-order valence-corrected chi connectivity index (χ1v) is 6.42. The Morgan fingerprint density at radius 1 is 1.35 bits per heavy atom. The molecule has 17 heavy (non-hydrogen) atoms. The zero-order chi connectivity index (χ0) is 12.9. The van der Waals surface area contributed by atoms with Crippen molar-refractivity contribution in [3.8, 4) is 0 Å². The van der Waals surface area contributed by atoms with Gasteiger partial charge in [0.1, 0.15) is 0 Å². The standard InChI is InChI=1S/C7H8O3S.C3H7N2O/c1-6-2-4-7(5-3-6)11(8,9)10;1-5-2-3-6-4-5/h2-5H,1H3,(H,8,9,10);2-3H2,1H3/q;+1. The van der Waals surface area contributed by atoms with Crippen LogP contribution < -0.4 is 0 Å². The van der Waals surface area contributed by atoms with Gasteiger partial charge in [0.2, 0.25) is 6.54 Å². The molecule has 0 saturated heterocycles. The van der Waals surface area contributed by atoms with Gasteiger partial charge in [-0.05, 0) is 19.1 Å². The second kappa shape index (κ2) is 5.74. The Morgan fingerprint density at radius 2 is 1.94 bits per heavy atom. The summed E-state index contributed by atoms with van der Waals surface area (Å²) in [6, 6.07) is 5.99. The molecule has 0 bridgehead atoms. The molecule has 0 unspecified atom stereocenters. The van der Waals surface area contributed by atoms with Gasteiger partial charge in [-0.1, -0.05) is 22.4 Å². The lowest BCUT2D eigenvalue weighted by Gasteiger charge is -1.95. The smallest absolute Gasteiger partial charge is 0.294 e. The van der Waals surface area contributed by atoms with Gasteiger partial charge >= 0.3 is 0 Å². The van der Waals surface area contributed by atoms with E-state index in [0.29, 0.717) is 0 Å². The van der Waals surface area contributed by atoms with E-state index in [0.717, 1.165) is 18.7 Å². The lowest BCUT2D eigenvalue weighted by Crippen LogP contribution is -1.98. The first-order valence-electron chi connectivity index (χ1n) is 4.98. The number of nitrogens with zero attached hydrogens (tertiary/aromatic N) is 2. The fraction of sp³-hybridized carbons (Fsp3) is 0.400. The first kappa shape index (κ1) is 13.6. The van der Waals surface area contributed by atoms with Crippen molar-refractivity contribution in [2.24, 2.45) is 5.28 Å². The maximum Gasteiger partial charge on any atom is 0.294 e. The van der Waals surface area contributed by atoms with Gasteiger partial charge in [-0.25, -0.2) is 0 Å². The normalized spacial score (nSPS) is 14.4. The third kappa shape index (κ3) is 4.92. The molecule has 1 heterocycles. The van der Waals surface area contributed by atoms with Crippen molar-refractivity contribution >= 4 is 10.1 Å². The van der Waals surface area contributed by atoms with Crippen LogP contribution in [0.3, 0.4) is 0 Å². The molecule has 1 N–H and O–H groups in total. The largest absolute Gasteiger partial charge is 0.341 e. The highest BCUT2D eigenvalue weighted by molar-refractivity contribution is 7.85. The van der Waals surface area contributed by atoms with Crippen LogP contribution >= 0.6 is 0 Å². The third-order valence-electron chi connectivity index (χ3n) is 2.02. The average molecular weight is 259 g/mol. The summed E-state index contributed by atoms with van der Waals surface area (Å²) < 4.78 is 31.3. The minimum absolute atomic E-state index is 0.0666. The van der Waals surface area contributed by atoms with Gasteiger partial charge in [0.25, 0.3) is 10.1 Å². The summed E-state index contributed by atoms with van der Waals surface area (Å²) >= 11 is 0. The van der Waals surface area contributed by atoms with Gasteiger partial charge < -0.3 is 4.84 Å². The van der Waals surface area contributed by atoms with E-state index in [9.17, 15) is 8.42 Å². The van der Waals surface area contributed by atoms with Crippen molar-refractivity contribution < 1.29 is 22.5 Å². The second-order valence-electron chi connectivity index (χ2n) is 3.58. The van der Waals surface area contributed by atoms with Crippen LogP contribution in [0.5, 0.6) is 0 Å². The van der Waals surface area contributed by atoms with E-state index < -0.39 is 10.1 Å². The van der Waals surface area contributed by atoms with E-state index >= 15 is 0 Å². The monoisotopic (exact) mass is 259 g/mol.